The van der Waals surface area contributed by atoms with E-state index in [4.69, 9.17) is 0 Å². The van der Waals surface area contributed by atoms with Gasteiger partial charge < -0.3 is 5.53 Å². The van der Waals surface area contributed by atoms with Gasteiger partial charge in [-0.15, -0.1) is 0 Å². The molecule has 1 fully saturated rings. The van der Waals surface area contributed by atoms with Crippen LogP contribution >= 0.6 is 0 Å². The van der Waals surface area contributed by atoms with E-state index in [1.54, 1.807) is 13.0 Å². The van der Waals surface area contributed by atoms with E-state index >= 15 is 0 Å². The van der Waals surface area contributed by atoms with Gasteiger partial charge in [-0.05, 0) is 43.3 Å². The molecule has 0 amide bonds. The van der Waals surface area contributed by atoms with Crippen molar-refractivity contribution in [2.75, 3.05) is 0 Å². The maximum atomic E-state index is 13.5. The molecule has 0 spiro atoms. The zero-order valence-electron chi connectivity index (χ0n) is 16.2. The average molecular weight is 413 g/mol. The van der Waals surface area contributed by atoms with Gasteiger partial charge in [0, 0.05) is 5.92 Å². The predicted molar refractivity (Wildman–Crippen MR) is 108 cm³/mol. The first kappa shape index (κ1) is 21.8. The highest BCUT2D eigenvalue weighted by Gasteiger charge is 2.45. The molecular formula is C19H28N2O4S2. The van der Waals surface area contributed by atoms with E-state index in [1.165, 1.54) is 0 Å². The third-order valence-electron chi connectivity index (χ3n) is 5.58. The quantitative estimate of drug-likeness (QED) is 0.226. The average Bonchev–Trinajstić information content (AvgIpc) is 2.66. The molecule has 0 N–H and O–H groups in total. The van der Waals surface area contributed by atoms with Crippen LogP contribution in [0.5, 0.6) is 0 Å². The molecule has 2 aliphatic carbocycles. The van der Waals surface area contributed by atoms with E-state index < -0.39 is 26.0 Å². The van der Waals surface area contributed by atoms with Crippen molar-refractivity contribution in [3.63, 3.8) is 0 Å². The van der Waals surface area contributed by atoms with Crippen LogP contribution in [-0.2, 0) is 20.1 Å². The molecule has 0 bridgehead atoms. The van der Waals surface area contributed by atoms with E-state index in [2.05, 4.69) is 4.79 Å². The molecule has 0 heterocycles. The molecule has 0 aliphatic heterocycles. The fraction of sp³-hybridized carbons (Fsp3) is 0.684. The smallest absolute Gasteiger partial charge is 0.360 e. The molecule has 0 aromatic rings. The minimum Gasteiger partial charge on any atom is -0.360 e. The molecular weight excluding hydrogens is 384 g/mol. The van der Waals surface area contributed by atoms with Crippen LogP contribution in [0.2, 0.25) is 0 Å². The maximum Gasteiger partial charge on any atom is 0.388 e. The fourth-order valence-corrected chi connectivity index (χ4v) is 7.47. The number of rotatable bonds is 5. The van der Waals surface area contributed by atoms with Gasteiger partial charge in [0.05, 0.1) is 15.7 Å². The first-order chi connectivity index (χ1) is 12.8. The minimum atomic E-state index is -4.05. The largest absolute Gasteiger partial charge is 0.388 e. The normalized spacial score (nSPS) is 21.7. The molecule has 0 aromatic carbocycles. The molecule has 8 heteroatoms. The Morgan fingerprint density at radius 2 is 1.78 bits per heavy atom. The molecule has 1 saturated carbocycles. The van der Waals surface area contributed by atoms with Crippen molar-refractivity contribution >= 4 is 30.0 Å². The number of hydrogen-bond acceptors (Lipinski definition) is 4. The lowest BCUT2D eigenvalue weighted by atomic mass is 9.86. The second-order valence-corrected chi connectivity index (χ2v) is 9.88. The Morgan fingerprint density at radius 1 is 1.15 bits per heavy atom. The first-order valence-electron chi connectivity index (χ1n) is 9.70. The van der Waals surface area contributed by atoms with Gasteiger partial charge in [-0.2, -0.15) is 13.2 Å². The van der Waals surface area contributed by atoms with Gasteiger partial charge in [0.2, 0.25) is 10.3 Å². The highest BCUT2D eigenvalue weighted by Crippen LogP contribution is 2.38. The standard InChI is InChI=1S/C19H28N2O4S2/c1-4-13-12-14(5-2)18(16(6-3)17(13)26(22)23)27(24,25)19(21-20)15-10-8-7-9-11-15/h12,15-16H,4-11H2,1-3H3. The molecule has 0 saturated heterocycles. The van der Waals surface area contributed by atoms with Gasteiger partial charge in [0.25, 0.3) is 9.84 Å². The Bertz CT molecular complexity index is 936. The van der Waals surface area contributed by atoms with E-state index in [1.807, 2.05) is 13.8 Å². The van der Waals surface area contributed by atoms with Crippen LogP contribution in [0.4, 0.5) is 0 Å². The van der Waals surface area contributed by atoms with Crippen LogP contribution in [0.3, 0.4) is 0 Å². The molecule has 1 atom stereocenters. The Labute approximate surface area is 163 Å². The third kappa shape index (κ3) is 4.18. The van der Waals surface area contributed by atoms with Crippen LogP contribution in [0.15, 0.2) is 22.1 Å². The molecule has 150 valence electrons. The number of hydrogen-bond donors (Lipinski definition) is 0. The second kappa shape index (κ2) is 9.13. The molecule has 6 nitrogen and oxygen atoms in total. The lowest BCUT2D eigenvalue weighted by molar-refractivity contribution is -0.00897. The summed E-state index contributed by atoms with van der Waals surface area (Å²) in [5, 5.41) is -0.203. The Morgan fingerprint density at radius 3 is 2.22 bits per heavy atom. The lowest BCUT2D eigenvalue weighted by Crippen LogP contribution is -2.35. The van der Waals surface area contributed by atoms with Crippen LogP contribution in [0, 0.1) is 11.8 Å². The van der Waals surface area contributed by atoms with Crippen molar-refractivity contribution < 1.29 is 21.6 Å². The Hall–Kier alpha value is -1.50. The first-order valence-corrected chi connectivity index (χ1v) is 12.3. The highest BCUT2D eigenvalue weighted by atomic mass is 32.2. The summed E-state index contributed by atoms with van der Waals surface area (Å²) in [7, 11) is -6.56. The van der Waals surface area contributed by atoms with Crippen molar-refractivity contribution in [2.45, 2.75) is 72.1 Å². The van der Waals surface area contributed by atoms with Crippen molar-refractivity contribution in [3.8, 4) is 0 Å². The number of nitrogens with zero attached hydrogens (tertiary/aromatic N) is 2. The summed E-state index contributed by atoms with van der Waals surface area (Å²) >= 11 is 0. The van der Waals surface area contributed by atoms with Crippen molar-refractivity contribution in [1.29, 1.82) is 0 Å². The fourth-order valence-electron chi connectivity index (χ4n) is 4.24. The Balaban J connectivity index is 2.73. The Kier molecular flexibility index (Phi) is 7.37. The van der Waals surface area contributed by atoms with Gasteiger partial charge in [-0.3, -0.25) is 0 Å². The topological polar surface area (TPSA) is 105 Å². The molecule has 1 unspecified atom stereocenters. The minimum absolute atomic E-state index is 0.0993. The van der Waals surface area contributed by atoms with Crippen molar-refractivity contribution in [2.24, 2.45) is 11.8 Å². The summed E-state index contributed by atoms with van der Waals surface area (Å²) in [5.74, 6) is -1.04. The van der Waals surface area contributed by atoms with Crippen LogP contribution in [0.25, 0.3) is 5.53 Å². The number of sulfone groups is 1. The molecule has 27 heavy (non-hydrogen) atoms. The van der Waals surface area contributed by atoms with Crippen molar-refractivity contribution in [1.82, 2.24) is 0 Å². The van der Waals surface area contributed by atoms with E-state index in [0.717, 1.165) is 19.3 Å². The molecule has 2 rings (SSSR count). The summed E-state index contributed by atoms with van der Waals surface area (Å²) in [4.78, 5) is 3.46. The molecule has 0 radical (unpaired) electrons. The van der Waals surface area contributed by atoms with Gasteiger partial charge in [0.1, 0.15) is 0 Å². The number of allylic oxidation sites excluding steroid dienone is 4. The van der Waals surface area contributed by atoms with Gasteiger partial charge in [-0.25, -0.2) is 8.42 Å². The summed E-state index contributed by atoms with van der Waals surface area (Å²) in [6, 6.07) is 0. The van der Waals surface area contributed by atoms with Gasteiger partial charge >= 0.3 is 5.04 Å². The van der Waals surface area contributed by atoms with Crippen LogP contribution in [0.1, 0.15) is 72.1 Å². The summed E-state index contributed by atoms with van der Waals surface area (Å²) in [6.07, 6.45) is 7.22. The van der Waals surface area contributed by atoms with E-state index in [-0.39, 0.29) is 20.7 Å². The third-order valence-corrected chi connectivity index (χ3v) is 8.58. The summed E-state index contributed by atoms with van der Waals surface area (Å²) < 4.78 is 50.9. The van der Waals surface area contributed by atoms with Gasteiger partial charge in [0.15, 0.2) is 0 Å². The zero-order valence-corrected chi connectivity index (χ0v) is 17.9. The lowest BCUT2D eigenvalue weighted by Gasteiger charge is -2.27. The van der Waals surface area contributed by atoms with Crippen LogP contribution < -0.4 is 0 Å². The summed E-state index contributed by atoms with van der Waals surface area (Å²) in [6.45, 7) is 5.51. The second-order valence-electron chi connectivity index (χ2n) is 7.10. The highest BCUT2D eigenvalue weighted by molar-refractivity contribution is 8.09. The zero-order chi connectivity index (χ0) is 20.2. The van der Waals surface area contributed by atoms with Gasteiger partial charge in [-0.1, -0.05) is 46.1 Å². The monoisotopic (exact) mass is 412 g/mol. The van der Waals surface area contributed by atoms with E-state index in [9.17, 15) is 22.4 Å². The maximum absolute atomic E-state index is 13.5. The molecule has 2 aliphatic rings. The SMILES string of the molecule is CCC1=CC(CC)=C(S(=O)(=O)C(=[N+]=[N-])C2CCCCC2)C(CC)C1=S(=O)=O. The van der Waals surface area contributed by atoms with E-state index in [0.29, 0.717) is 43.3 Å². The predicted octanol–water partition coefficient (Wildman–Crippen LogP) is 3.70. The van der Waals surface area contributed by atoms with Crippen LogP contribution in [-0.4, -0.2) is 31.5 Å². The molecule has 0 aromatic heterocycles. The van der Waals surface area contributed by atoms with Crippen molar-refractivity contribution in [3.05, 3.63) is 27.7 Å². The summed E-state index contributed by atoms with van der Waals surface area (Å²) in [5.41, 5.74) is 10.9.